The molecule has 2 aromatic carbocycles. The zero-order valence-corrected chi connectivity index (χ0v) is 19.8. The maximum absolute atomic E-state index is 15.0. The summed E-state index contributed by atoms with van der Waals surface area (Å²) in [4.78, 5) is 11.4. The van der Waals surface area contributed by atoms with Crippen LogP contribution in [0.2, 0.25) is 5.02 Å². The van der Waals surface area contributed by atoms with Crippen molar-refractivity contribution in [1.82, 2.24) is 5.32 Å². The number of hydrogen-bond donors (Lipinski definition) is 2. The summed E-state index contributed by atoms with van der Waals surface area (Å²) >= 11 is 6.48. The number of nitrogens with one attached hydrogen (secondary N) is 1. The zero-order valence-electron chi connectivity index (χ0n) is 19.1. The first-order valence-electron chi connectivity index (χ1n) is 10.5. The Balaban J connectivity index is 1.91. The van der Waals surface area contributed by atoms with E-state index in [0.29, 0.717) is 11.1 Å². The van der Waals surface area contributed by atoms with Crippen LogP contribution >= 0.6 is 11.6 Å². The SMILES string of the molecule is CO[C@H]1c2c(cc(F)c(Cl)c2B2OC(C)(C)C(C)(C)O2)O[C@]1(CNC(=O)O)c1ccccc1. The minimum atomic E-state index is -1.31. The molecule has 33 heavy (non-hydrogen) atoms. The zero-order chi connectivity index (χ0) is 24.2. The summed E-state index contributed by atoms with van der Waals surface area (Å²) < 4.78 is 39.6. The van der Waals surface area contributed by atoms with Gasteiger partial charge in [-0.15, -0.1) is 0 Å². The maximum Gasteiger partial charge on any atom is 0.497 e. The minimum absolute atomic E-state index is 0.151. The van der Waals surface area contributed by atoms with Gasteiger partial charge in [0.15, 0.2) is 5.60 Å². The van der Waals surface area contributed by atoms with Gasteiger partial charge in [0, 0.05) is 29.8 Å². The quantitative estimate of drug-likeness (QED) is 0.633. The first-order chi connectivity index (χ1) is 15.4. The monoisotopic (exact) mass is 477 g/mol. The lowest BCUT2D eigenvalue weighted by molar-refractivity contribution is -0.0544. The third-order valence-electron chi connectivity index (χ3n) is 6.73. The summed E-state index contributed by atoms with van der Waals surface area (Å²) in [6.45, 7) is 7.39. The van der Waals surface area contributed by atoms with Gasteiger partial charge in [0.25, 0.3) is 0 Å². The summed E-state index contributed by atoms with van der Waals surface area (Å²) in [6, 6.07) is 10.2. The van der Waals surface area contributed by atoms with Crippen molar-refractivity contribution in [2.24, 2.45) is 0 Å². The van der Waals surface area contributed by atoms with E-state index in [2.05, 4.69) is 5.32 Å². The third-order valence-corrected chi connectivity index (χ3v) is 7.11. The minimum Gasteiger partial charge on any atom is -0.477 e. The predicted molar refractivity (Wildman–Crippen MR) is 122 cm³/mol. The van der Waals surface area contributed by atoms with E-state index in [-0.39, 0.29) is 22.8 Å². The first-order valence-corrected chi connectivity index (χ1v) is 10.9. The summed E-state index contributed by atoms with van der Waals surface area (Å²) in [5.74, 6) is -0.519. The second kappa shape index (κ2) is 8.16. The Morgan fingerprint density at radius 2 is 1.82 bits per heavy atom. The Hall–Kier alpha value is -2.33. The molecule has 0 aromatic heterocycles. The molecule has 2 heterocycles. The van der Waals surface area contributed by atoms with Gasteiger partial charge >= 0.3 is 13.2 Å². The fourth-order valence-corrected chi connectivity index (χ4v) is 4.59. The van der Waals surface area contributed by atoms with Gasteiger partial charge < -0.3 is 29.2 Å². The lowest BCUT2D eigenvalue weighted by Gasteiger charge is -2.34. The van der Waals surface area contributed by atoms with Gasteiger partial charge in [-0.2, -0.15) is 0 Å². The van der Waals surface area contributed by atoms with Crippen LogP contribution in [0, 0.1) is 5.82 Å². The van der Waals surface area contributed by atoms with Gasteiger partial charge in [-0.05, 0) is 27.7 Å². The van der Waals surface area contributed by atoms with Crippen LogP contribution in [-0.4, -0.2) is 43.2 Å². The molecule has 1 amide bonds. The summed E-state index contributed by atoms with van der Waals surface area (Å²) in [7, 11) is 0.500. The molecule has 10 heteroatoms. The van der Waals surface area contributed by atoms with E-state index >= 15 is 0 Å². The lowest BCUT2D eigenvalue weighted by Crippen LogP contribution is -2.48. The average molecular weight is 478 g/mol. The van der Waals surface area contributed by atoms with Gasteiger partial charge in [-0.1, -0.05) is 41.9 Å². The normalized spacial score (nSPS) is 24.9. The molecule has 1 fully saturated rings. The highest BCUT2D eigenvalue weighted by Gasteiger charge is 2.58. The highest BCUT2D eigenvalue weighted by Crippen LogP contribution is 2.52. The Morgan fingerprint density at radius 3 is 2.36 bits per heavy atom. The highest BCUT2D eigenvalue weighted by atomic mass is 35.5. The number of benzene rings is 2. The van der Waals surface area contributed by atoms with Crippen LogP contribution in [0.4, 0.5) is 9.18 Å². The fraction of sp³-hybridized carbons (Fsp3) is 0.435. The van der Waals surface area contributed by atoms with E-state index in [9.17, 15) is 14.3 Å². The van der Waals surface area contributed by atoms with Gasteiger partial charge in [0.05, 0.1) is 22.8 Å². The van der Waals surface area contributed by atoms with Crippen LogP contribution in [-0.2, 0) is 19.6 Å². The second-order valence-corrected chi connectivity index (χ2v) is 9.60. The van der Waals surface area contributed by atoms with Crippen molar-refractivity contribution in [2.45, 2.75) is 50.6 Å². The van der Waals surface area contributed by atoms with E-state index < -0.39 is 41.9 Å². The molecule has 7 nitrogen and oxygen atoms in total. The average Bonchev–Trinajstić information content (AvgIpc) is 3.17. The maximum atomic E-state index is 15.0. The van der Waals surface area contributed by atoms with Gasteiger partial charge in [0.2, 0.25) is 0 Å². The molecule has 0 radical (unpaired) electrons. The van der Waals surface area contributed by atoms with Crippen LogP contribution in [0.1, 0.15) is 44.9 Å². The van der Waals surface area contributed by atoms with Crippen molar-refractivity contribution in [3.8, 4) is 5.75 Å². The Morgan fingerprint density at radius 1 is 1.21 bits per heavy atom. The van der Waals surface area contributed by atoms with E-state index in [1.165, 1.54) is 13.2 Å². The van der Waals surface area contributed by atoms with Crippen molar-refractivity contribution in [1.29, 1.82) is 0 Å². The lowest BCUT2D eigenvalue weighted by atomic mass is 9.72. The molecule has 176 valence electrons. The Kier molecular flexibility index (Phi) is 5.89. The Bertz CT molecular complexity index is 1070. The van der Waals surface area contributed by atoms with Gasteiger partial charge in [-0.3, -0.25) is 0 Å². The molecule has 0 aliphatic carbocycles. The smallest absolute Gasteiger partial charge is 0.477 e. The number of ether oxygens (including phenoxy) is 2. The Labute approximate surface area is 197 Å². The van der Waals surface area contributed by atoms with E-state index in [1.54, 1.807) is 24.3 Å². The summed E-state index contributed by atoms with van der Waals surface area (Å²) in [5, 5.41) is 11.5. The van der Waals surface area contributed by atoms with Crippen molar-refractivity contribution in [3.63, 3.8) is 0 Å². The molecule has 0 spiro atoms. The molecule has 2 atom stereocenters. The molecular formula is C23H26BClFNO6. The number of halogens is 2. The van der Waals surface area contributed by atoms with Crippen LogP contribution in [0.25, 0.3) is 0 Å². The van der Waals surface area contributed by atoms with Gasteiger partial charge in [0.1, 0.15) is 17.7 Å². The molecule has 2 aromatic rings. The topological polar surface area (TPSA) is 86.3 Å². The highest BCUT2D eigenvalue weighted by molar-refractivity contribution is 6.66. The predicted octanol–water partition coefficient (Wildman–Crippen LogP) is 4.02. The first kappa shape index (κ1) is 23.8. The van der Waals surface area contributed by atoms with Crippen molar-refractivity contribution < 1.29 is 33.1 Å². The van der Waals surface area contributed by atoms with Crippen molar-refractivity contribution >= 4 is 30.3 Å². The summed E-state index contributed by atoms with van der Waals surface area (Å²) in [5.41, 5.74) is -1.32. The van der Waals surface area contributed by atoms with E-state index in [4.69, 9.17) is 30.4 Å². The number of fused-ring (bicyclic) bond motifs is 1. The second-order valence-electron chi connectivity index (χ2n) is 9.22. The number of carbonyl (C=O) groups is 1. The fourth-order valence-electron chi connectivity index (χ4n) is 4.34. The molecule has 0 bridgehead atoms. The number of hydrogen-bond acceptors (Lipinski definition) is 5. The molecule has 1 saturated heterocycles. The van der Waals surface area contributed by atoms with Crippen LogP contribution in [0.15, 0.2) is 36.4 Å². The largest absolute Gasteiger partial charge is 0.497 e. The molecule has 0 saturated carbocycles. The number of methoxy groups -OCH3 is 1. The summed E-state index contributed by atoms with van der Waals surface area (Å²) in [6.07, 6.45) is -2.07. The van der Waals surface area contributed by atoms with Crippen molar-refractivity contribution in [3.05, 3.63) is 58.4 Å². The number of amides is 1. The molecular weight excluding hydrogens is 452 g/mol. The molecule has 2 aliphatic heterocycles. The molecule has 4 rings (SSSR count). The van der Waals surface area contributed by atoms with Crippen LogP contribution in [0.5, 0.6) is 5.75 Å². The standard InChI is InChI=1S/C23H26BClFNO6/c1-21(2)22(3,4)33-24(32-21)17-16-15(11-14(26)18(17)25)31-23(19(16)30-5,12-27-20(28)29)13-9-7-6-8-10-13/h6-11,19,27H,12H2,1-5H3,(H,28,29)/t19-,23+/m0/s1. The molecule has 0 unspecified atom stereocenters. The van der Waals surface area contributed by atoms with E-state index in [1.807, 2.05) is 33.8 Å². The van der Waals surface area contributed by atoms with Crippen LogP contribution in [0.3, 0.4) is 0 Å². The number of rotatable bonds is 5. The number of carboxylic acid groups (broad SMARTS) is 1. The molecule has 2 N–H and O–H groups in total. The van der Waals surface area contributed by atoms with E-state index in [0.717, 1.165) is 0 Å². The van der Waals surface area contributed by atoms with Crippen LogP contribution < -0.4 is 15.5 Å². The van der Waals surface area contributed by atoms with Gasteiger partial charge in [-0.25, -0.2) is 9.18 Å². The molecule has 2 aliphatic rings. The van der Waals surface area contributed by atoms with Crippen molar-refractivity contribution in [2.75, 3.05) is 13.7 Å². The third kappa shape index (κ3) is 3.77.